The van der Waals surface area contributed by atoms with E-state index in [-0.39, 0.29) is 10.3 Å². The third kappa shape index (κ3) is 1.68. The van der Waals surface area contributed by atoms with Gasteiger partial charge in [-0.25, -0.2) is 9.97 Å². The highest BCUT2D eigenvalue weighted by atomic mass is 35.5. The van der Waals surface area contributed by atoms with Crippen molar-refractivity contribution < 1.29 is 0 Å². The minimum absolute atomic E-state index is 0.267. The Labute approximate surface area is 97.2 Å². The van der Waals surface area contributed by atoms with Gasteiger partial charge in [0.05, 0.1) is 11.0 Å². The number of halogens is 2. The largest absolute Gasteiger partial charge is 0.231 e. The number of benzene rings is 1. The smallest absolute Gasteiger partial charge is 0.167 e. The van der Waals surface area contributed by atoms with Gasteiger partial charge in [-0.15, -0.1) is 0 Å². The van der Waals surface area contributed by atoms with Crippen molar-refractivity contribution in [1.82, 2.24) is 9.97 Å². The van der Waals surface area contributed by atoms with Gasteiger partial charge in [-0.05, 0) is 36.5 Å². The van der Waals surface area contributed by atoms with E-state index in [4.69, 9.17) is 23.2 Å². The molecule has 0 spiro atoms. The maximum absolute atomic E-state index is 5.83. The zero-order chi connectivity index (χ0) is 10.4. The molecule has 15 heavy (non-hydrogen) atoms. The van der Waals surface area contributed by atoms with Crippen LogP contribution in [0.25, 0.3) is 11.0 Å². The molecule has 2 nitrogen and oxygen atoms in total. The lowest BCUT2D eigenvalue weighted by Gasteiger charge is -2.02. The highest BCUT2D eigenvalue weighted by molar-refractivity contribution is 6.40. The highest BCUT2D eigenvalue weighted by Gasteiger charge is 2.23. The molecule has 0 N–H and O–H groups in total. The van der Waals surface area contributed by atoms with E-state index in [0.29, 0.717) is 5.92 Å². The first kappa shape index (κ1) is 9.37. The van der Waals surface area contributed by atoms with Gasteiger partial charge in [-0.2, -0.15) is 0 Å². The fraction of sp³-hybridized carbons (Fsp3) is 0.273. The molecule has 4 heteroatoms. The number of nitrogens with zero attached hydrogens (tertiary/aromatic N) is 2. The molecule has 1 aromatic heterocycles. The van der Waals surface area contributed by atoms with Crippen molar-refractivity contribution in [2.45, 2.75) is 18.8 Å². The van der Waals surface area contributed by atoms with E-state index in [1.165, 1.54) is 18.4 Å². The minimum Gasteiger partial charge on any atom is -0.231 e. The van der Waals surface area contributed by atoms with E-state index in [0.717, 1.165) is 11.0 Å². The molecular formula is C11H8Cl2N2. The van der Waals surface area contributed by atoms with Crippen LogP contribution >= 0.6 is 23.2 Å². The Morgan fingerprint density at radius 1 is 1.00 bits per heavy atom. The fourth-order valence-electron chi connectivity index (χ4n) is 1.70. The molecule has 0 bridgehead atoms. The lowest BCUT2D eigenvalue weighted by atomic mass is 10.1. The van der Waals surface area contributed by atoms with Crippen LogP contribution in [-0.2, 0) is 0 Å². The van der Waals surface area contributed by atoms with E-state index in [2.05, 4.69) is 22.1 Å². The molecule has 76 valence electrons. The molecule has 1 heterocycles. The molecule has 3 rings (SSSR count). The van der Waals surface area contributed by atoms with Gasteiger partial charge in [0.25, 0.3) is 0 Å². The van der Waals surface area contributed by atoms with Gasteiger partial charge in [-0.1, -0.05) is 29.3 Å². The van der Waals surface area contributed by atoms with Crippen molar-refractivity contribution in [3.63, 3.8) is 0 Å². The zero-order valence-electron chi connectivity index (χ0n) is 7.87. The van der Waals surface area contributed by atoms with Gasteiger partial charge in [0.15, 0.2) is 10.3 Å². The van der Waals surface area contributed by atoms with Gasteiger partial charge in [-0.3, -0.25) is 0 Å². The molecule has 1 aromatic carbocycles. The third-order valence-corrected chi connectivity index (χ3v) is 3.28. The SMILES string of the molecule is Clc1nc2ccc(C3CC3)cc2nc1Cl. The minimum atomic E-state index is 0.267. The van der Waals surface area contributed by atoms with Gasteiger partial charge in [0, 0.05) is 0 Å². The van der Waals surface area contributed by atoms with Gasteiger partial charge in [0.1, 0.15) is 0 Å². The molecular weight excluding hydrogens is 231 g/mol. The van der Waals surface area contributed by atoms with Crippen LogP contribution in [0.5, 0.6) is 0 Å². The average molecular weight is 239 g/mol. The van der Waals surface area contributed by atoms with Crippen LogP contribution in [0.1, 0.15) is 24.3 Å². The highest BCUT2D eigenvalue weighted by Crippen LogP contribution is 2.40. The Bertz CT molecular complexity index is 535. The molecule has 0 unspecified atom stereocenters. The van der Waals surface area contributed by atoms with Crippen LogP contribution < -0.4 is 0 Å². The molecule has 0 atom stereocenters. The van der Waals surface area contributed by atoms with Gasteiger partial charge < -0.3 is 0 Å². The van der Waals surface area contributed by atoms with E-state index in [9.17, 15) is 0 Å². The number of rotatable bonds is 1. The Kier molecular flexibility index (Phi) is 2.08. The third-order valence-electron chi connectivity index (χ3n) is 2.66. The summed E-state index contributed by atoms with van der Waals surface area (Å²) >= 11 is 11.6. The molecule has 1 aliphatic rings. The molecule has 1 aliphatic carbocycles. The summed E-state index contributed by atoms with van der Waals surface area (Å²) < 4.78 is 0. The van der Waals surface area contributed by atoms with Crippen LogP contribution in [-0.4, -0.2) is 9.97 Å². The molecule has 1 fully saturated rings. The Hall–Kier alpha value is -0.860. The van der Waals surface area contributed by atoms with Crippen molar-refractivity contribution in [1.29, 1.82) is 0 Å². The molecule has 1 saturated carbocycles. The molecule has 0 saturated heterocycles. The standard InChI is InChI=1S/C11H8Cl2N2/c12-10-11(13)15-9-5-7(6-1-2-6)3-4-8(9)14-10/h3-6H,1-2H2. The molecule has 0 aliphatic heterocycles. The molecule has 0 amide bonds. The number of hydrogen-bond donors (Lipinski definition) is 0. The second-order valence-electron chi connectivity index (χ2n) is 3.83. The van der Waals surface area contributed by atoms with Crippen molar-refractivity contribution in [3.05, 3.63) is 34.1 Å². The van der Waals surface area contributed by atoms with Gasteiger partial charge >= 0.3 is 0 Å². The summed E-state index contributed by atoms with van der Waals surface area (Å²) in [6, 6.07) is 6.11. The van der Waals surface area contributed by atoms with E-state index < -0.39 is 0 Å². The number of aromatic nitrogens is 2. The summed E-state index contributed by atoms with van der Waals surface area (Å²) in [7, 11) is 0. The number of fused-ring (bicyclic) bond motifs is 1. The van der Waals surface area contributed by atoms with Crippen molar-refractivity contribution in [2.75, 3.05) is 0 Å². The van der Waals surface area contributed by atoms with Crippen LogP contribution in [0.3, 0.4) is 0 Å². The second-order valence-corrected chi connectivity index (χ2v) is 4.54. The lowest BCUT2D eigenvalue weighted by Crippen LogP contribution is -1.88. The van der Waals surface area contributed by atoms with Crippen LogP contribution in [0.15, 0.2) is 18.2 Å². The molecule has 2 aromatic rings. The quantitative estimate of drug-likeness (QED) is 0.756. The fourth-order valence-corrected chi connectivity index (χ4v) is 1.97. The summed E-state index contributed by atoms with van der Waals surface area (Å²) in [6.45, 7) is 0. The molecule has 0 radical (unpaired) electrons. The summed E-state index contributed by atoms with van der Waals surface area (Å²) in [6.07, 6.45) is 2.56. The van der Waals surface area contributed by atoms with E-state index >= 15 is 0 Å². The average Bonchev–Trinajstić information content (AvgIpc) is 3.02. The van der Waals surface area contributed by atoms with Crippen molar-refractivity contribution >= 4 is 34.2 Å². The Morgan fingerprint density at radius 3 is 2.33 bits per heavy atom. The van der Waals surface area contributed by atoms with Crippen LogP contribution in [0.4, 0.5) is 0 Å². The predicted octanol–water partition coefficient (Wildman–Crippen LogP) is 3.81. The zero-order valence-corrected chi connectivity index (χ0v) is 9.39. The lowest BCUT2D eigenvalue weighted by molar-refractivity contribution is 1.13. The van der Waals surface area contributed by atoms with Gasteiger partial charge in [0.2, 0.25) is 0 Å². The van der Waals surface area contributed by atoms with E-state index in [1.54, 1.807) is 0 Å². The first-order chi connectivity index (χ1) is 7.24. The van der Waals surface area contributed by atoms with Crippen molar-refractivity contribution in [2.24, 2.45) is 0 Å². The maximum atomic E-state index is 5.83. The first-order valence-electron chi connectivity index (χ1n) is 4.87. The Balaban J connectivity index is 2.21. The van der Waals surface area contributed by atoms with E-state index in [1.807, 2.05) is 6.07 Å². The van der Waals surface area contributed by atoms with Crippen molar-refractivity contribution in [3.8, 4) is 0 Å². The summed E-state index contributed by atoms with van der Waals surface area (Å²) in [5.41, 5.74) is 2.96. The normalized spacial score (nSPS) is 15.9. The second kappa shape index (κ2) is 3.32. The summed E-state index contributed by atoms with van der Waals surface area (Å²) in [5.74, 6) is 0.714. The predicted molar refractivity (Wildman–Crippen MR) is 61.5 cm³/mol. The first-order valence-corrected chi connectivity index (χ1v) is 5.62. The summed E-state index contributed by atoms with van der Waals surface area (Å²) in [4.78, 5) is 8.38. The van der Waals surface area contributed by atoms with Crippen LogP contribution in [0, 0.1) is 0 Å². The topological polar surface area (TPSA) is 25.8 Å². The monoisotopic (exact) mass is 238 g/mol. The Morgan fingerprint density at radius 2 is 1.67 bits per heavy atom. The summed E-state index contributed by atoms with van der Waals surface area (Å²) in [5, 5.41) is 0.542. The van der Waals surface area contributed by atoms with Crippen LogP contribution in [0.2, 0.25) is 10.3 Å². The number of hydrogen-bond acceptors (Lipinski definition) is 2. The maximum Gasteiger partial charge on any atom is 0.167 e.